The molecule has 148 valence electrons. The molecule has 8 nitrogen and oxygen atoms in total. The number of thioether (sulfide) groups is 1. The van der Waals surface area contributed by atoms with Crippen molar-refractivity contribution in [2.24, 2.45) is 7.05 Å². The van der Waals surface area contributed by atoms with Crippen molar-refractivity contribution in [1.82, 2.24) is 19.7 Å². The van der Waals surface area contributed by atoms with Crippen LogP contribution in [0.4, 0.5) is 0 Å². The first-order chi connectivity index (χ1) is 13.5. The SMILES string of the molecule is COc1cccc(CN(C)C(=O)CSc2nnc(-c3ccco3)n2C)c1OC. The molecule has 3 aromatic rings. The van der Waals surface area contributed by atoms with Gasteiger partial charge in [0.1, 0.15) is 0 Å². The third kappa shape index (κ3) is 4.14. The minimum atomic E-state index is -0.0302. The summed E-state index contributed by atoms with van der Waals surface area (Å²) in [6, 6.07) is 9.22. The Kier molecular flexibility index (Phi) is 6.25. The number of furan rings is 1. The number of aromatic nitrogens is 3. The van der Waals surface area contributed by atoms with Crippen LogP contribution >= 0.6 is 11.8 Å². The van der Waals surface area contributed by atoms with Gasteiger partial charge in [-0.25, -0.2) is 0 Å². The Morgan fingerprint density at radius 1 is 1.21 bits per heavy atom. The van der Waals surface area contributed by atoms with E-state index in [1.807, 2.05) is 35.9 Å². The zero-order chi connectivity index (χ0) is 20.1. The first kappa shape index (κ1) is 19.8. The second-order valence-electron chi connectivity index (χ2n) is 6.03. The van der Waals surface area contributed by atoms with Gasteiger partial charge in [0, 0.05) is 26.2 Å². The number of ether oxygens (including phenoxy) is 2. The van der Waals surface area contributed by atoms with Crippen molar-refractivity contribution in [2.75, 3.05) is 27.0 Å². The van der Waals surface area contributed by atoms with Crippen molar-refractivity contribution in [3.8, 4) is 23.1 Å². The van der Waals surface area contributed by atoms with E-state index in [-0.39, 0.29) is 11.7 Å². The molecule has 3 rings (SSSR count). The van der Waals surface area contributed by atoms with E-state index in [9.17, 15) is 4.79 Å². The first-order valence-corrected chi connectivity index (χ1v) is 9.53. The third-order valence-corrected chi connectivity index (χ3v) is 5.22. The zero-order valence-corrected chi connectivity index (χ0v) is 17.0. The molecule has 0 unspecified atom stereocenters. The van der Waals surface area contributed by atoms with Crippen molar-refractivity contribution in [2.45, 2.75) is 11.7 Å². The number of benzene rings is 1. The number of hydrogen-bond donors (Lipinski definition) is 0. The minimum Gasteiger partial charge on any atom is -0.493 e. The predicted molar refractivity (Wildman–Crippen MR) is 105 cm³/mol. The van der Waals surface area contributed by atoms with E-state index < -0.39 is 0 Å². The molecule has 2 aromatic heterocycles. The Morgan fingerprint density at radius 2 is 2.04 bits per heavy atom. The molecule has 0 aliphatic rings. The minimum absolute atomic E-state index is 0.0302. The summed E-state index contributed by atoms with van der Waals surface area (Å²) < 4.78 is 17.9. The summed E-state index contributed by atoms with van der Waals surface area (Å²) in [4.78, 5) is 14.2. The standard InChI is InChI=1S/C19H22N4O4S/c1-22(11-13-7-5-8-14(25-3)17(13)26-4)16(24)12-28-19-21-20-18(23(19)2)15-9-6-10-27-15/h5-10H,11-12H2,1-4H3. The molecule has 1 aromatic carbocycles. The lowest BCUT2D eigenvalue weighted by Gasteiger charge is -2.19. The smallest absolute Gasteiger partial charge is 0.233 e. The highest BCUT2D eigenvalue weighted by atomic mass is 32.2. The van der Waals surface area contributed by atoms with Gasteiger partial charge in [0.15, 0.2) is 28.2 Å². The molecular weight excluding hydrogens is 380 g/mol. The highest BCUT2D eigenvalue weighted by molar-refractivity contribution is 7.99. The second kappa shape index (κ2) is 8.83. The average molecular weight is 402 g/mol. The fourth-order valence-corrected chi connectivity index (χ4v) is 3.57. The van der Waals surface area contributed by atoms with Gasteiger partial charge in [0.2, 0.25) is 5.91 Å². The highest BCUT2D eigenvalue weighted by Gasteiger charge is 2.18. The molecule has 0 radical (unpaired) electrons. The molecular formula is C19H22N4O4S. The van der Waals surface area contributed by atoms with E-state index in [4.69, 9.17) is 13.9 Å². The van der Waals surface area contributed by atoms with E-state index in [2.05, 4.69) is 10.2 Å². The van der Waals surface area contributed by atoms with Gasteiger partial charge in [-0.2, -0.15) is 0 Å². The summed E-state index contributed by atoms with van der Waals surface area (Å²) in [6.45, 7) is 0.413. The fraction of sp³-hybridized carbons (Fsp3) is 0.316. The quantitative estimate of drug-likeness (QED) is 0.536. The second-order valence-corrected chi connectivity index (χ2v) is 6.98. The van der Waals surface area contributed by atoms with Crippen molar-refractivity contribution in [1.29, 1.82) is 0 Å². The van der Waals surface area contributed by atoms with Crippen LogP contribution in [0, 0.1) is 0 Å². The topological polar surface area (TPSA) is 82.6 Å². The molecule has 0 spiro atoms. The Balaban J connectivity index is 1.63. The van der Waals surface area contributed by atoms with E-state index in [0.717, 1.165) is 5.56 Å². The Hall–Kier alpha value is -2.94. The summed E-state index contributed by atoms with van der Waals surface area (Å²) >= 11 is 1.33. The van der Waals surface area contributed by atoms with E-state index in [1.165, 1.54) is 11.8 Å². The molecule has 0 saturated carbocycles. The maximum absolute atomic E-state index is 12.6. The van der Waals surface area contributed by atoms with Gasteiger partial charge in [-0.15, -0.1) is 10.2 Å². The van der Waals surface area contributed by atoms with E-state index in [1.54, 1.807) is 38.5 Å². The molecule has 0 aliphatic heterocycles. The van der Waals surface area contributed by atoms with Gasteiger partial charge in [-0.1, -0.05) is 23.9 Å². The van der Waals surface area contributed by atoms with Crippen molar-refractivity contribution < 1.29 is 18.7 Å². The Bertz CT molecular complexity index is 940. The number of para-hydroxylation sites is 1. The van der Waals surface area contributed by atoms with Crippen LogP contribution in [0.2, 0.25) is 0 Å². The number of methoxy groups -OCH3 is 2. The van der Waals surface area contributed by atoms with Gasteiger partial charge in [-0.05, 0) is 18.2 Å². The van der Waals surface area contributed by atoms with Crippen molar-refractivity contribution in [3.05, 3.63) is 42.2 Å². The van der Waals surface area contributed by atoms with E-state index in [0.29, 0.717) is 34.8 Å². The predicted octanol–water partition coefficient (Wildman–Crippen LogP) is 2.84. The lowest BCUT2D eigenvalue weighted by Crippen LogP contribution is -2.28. The molecule has 9 heteroatoms. The number of carbonyl (C=O) groups is 1. The number of rotatable bonds is 8. The largest absolute Gasteiger partial charge is 0.493 e. The van der Waals surface area contributed by atoms with Crippen LogP contribution in [0.5, 0.6) is 11.5 Å². The molecule has 0 N–H and O–H groups in total. The molecule has 0 bridgehead atoms. The number of carbonyl (C=O) groups excluding carboxylic acids is 1. The van der Waals surface area contributed by atoms with Gasteiger partial charge in [0.25, 0.3) is 0 Å². The summed E-state index contributed by atoms with van der Waals surface area (Å²) in [5.74, 6) is 2.74. The lowest BCUT2D eigenvalue weighted by molar-refractivity contribution is -0.127. The van der Waals surface area contributed by atoms with Crippen LogP contribution in [0.25, 0.3) is 11.6 Å². The molecule has 0 fully saturated rings. The molecule has 1 amide bonds. The third-order valence-electron chi connectivity index (χ3n) is 4.22. The zero-order valence-electron chi connectivity index (χ0n) is 16.2. The number of hydrogen-bond acceptors (Lipinski definition) is 7. The number of amides is 1. The van der Waals surface area contributed by atoms with Gasteiger partial charge in [-0.3, -0.25) is 4.79 Å². The van der Waals surface area contributed by atoms with Gasteiger partial charge in [0.05, 0.1) is 26.2 Å². The van der Waals surface area contributed by atoms with Crippen LogP contribution in [-0.4, -0.2) is 52.6 Å². The Labute approximate surface area is 167 Å². The molecule has 28 heavy (non-hydrogen) atoms. The van der Waals surface area contributed by atoms with Crippen molar-refractivity contribution >= 4 is 17.7 Å². The molecule has 0 aliphatic carbocycles. The summed E-state index contributed by atoms with van der Waals surface area (Å²) in [7, 11) is 6.77. The Morgan fingerprint density at radius 3 is 2.71 bits per heavy atom. The fourth-order valence-electron chi connectivity index (χ4n) is 2.72. The highest BCUT2D eigenvalue weighted by Crippen LogP contribution is 2.31. The van der Waals surface area contributed by atoms with Gasteiger partial charge < -0.3 is 23.4 Å². The summed E-state index contributed by atoms with van der Waals surface area (Å²) in [6.07, 6.45) is 1.59. The summed E-state index contributed by atoms with van der Waals surface area (Å²) in [5, 5.41) is 8.92. The first-order valence-electron chi connectivity index (χ1n) is 8.55. The van der Waals surface area contributed by atoms with Gasteiger partial charge >= 0.3 is 0 Å². The molecule has 0 saturated heterocycles. The van der Waals surface area contributed by atoms with Crippen LogP contribution in [0.15, 0.2) is 46.2 Å². The van der Waals surface area contributed by atoms with Crippen LogP contribution in [0.3, 0.4) is 0 Å². The van der Waals surface area contributed by atoms with Crippen LogP contribution in [0.1, 0.15) is 5.56 Å². The van der Waals surface area contributed by atoms with Crippen molar-refractivity contribution in [3.63, 3.8) is 0 Å². The summed E-state index contributed by atoms with van der Waals surface area (Å²) in [5.41, 5.74) is 0.876. The molecule has 2 heterocycles. The normalized spacial score (nSPS) is 10.7. The maximum atomic E-state index is 12.6. The monoisotopic (exact) mass is 402 g/mol. The molecule has 0 atom stereocenters. The van der Waals surface area contributed by atoms with Crippen LogP contribution < -0.4 is 9.47 Å². The van der Waals surface area contributed by atoms with E-state index >= 15 is 0 Å². The maximum Gasteiger partial charge on any atom is 0.233 e. The number of nitrogens with zero attached hydrogens (tertiary/aromatic N) is 4. The average Bonchev–Trinajstić information content (AvgIpc) is 3.35. The van der Waals surface area contributed by atoms with Crippen LogP contribution in [-0.2, 0) is 18.4 Å². The lowest BCUT2D eigenvalue weighted by atomic mass is 10.1.